The van der Waals surface area contributed by atoms with Gasteiger partial charge in [-0.15, -0.1) is 6.58 Å². The number of hydrogen-bond donors (Lipinski definition) is 2. The molecule has 2 nitrogen and oxygen atoms in total. The Bertz CT molecular complexity index is 114. The molecule has 0 amide bonds. The van der Waals surface area contributed by atoms with E-state index in [-0.39, 0.29) is 0 Å². The topological polar surface area (TPSA) is 32.3 Å². The van der Waals surface area contributed by atoms with Crippen molar-refractivity contribution in [2.75, 3.05) is 6.54 Å². The van der Waals surface area contributed by atoms with E-state index >= 15 is 0 Å². The van der Waals surface area contributed by atoms with Crippen LogP contribution in [0, 0.1) is 0 Å². The zero-order valence-electron chi connectivity index (χ0n) is 7.56. The van der Waals surface area contributed by atoms with Crippen LogP contribution >= 0.6 is 0 Å². The van der Waals surface area contributed by atoms with E-state index in [1.165, 1.54) is 0 Å². The van der Waals surface area contributed by atoms with E-state index in [0.717, 1.165) is 19.3 Å². The van der Waals surface area contributed by atoms with E-state index in [0.29, 0.717) is 6.54 Å². The first kappa shape index (κ1) is 10.7. The van der Waals surface area contributed by atoms with Crippen LogP contribution in [0.3, 0.4) is 0 Å². The molecular weight excluding hydrogens is 138 g/mol. The summed E-state index contributed by atoms with van der Waals surface area (Å²) in [6.45, 7) is 8.30. The standard InChI is InChI=1S/C9H19NO/c1-4-7-9(11,6-3)10-8-5-2/h5,10-11H,2,4,6-8H2,1,3H3. The highest BCUT2D eigenvalue weighted by Crippen LogP contribution is 2.12. The van der Waals surface area contributed by atoms with Crippen molar-refractivity contribution in [3.05, 3.63) is 12.7 Å². The predicted octanol–water partition coefficient (Wildman–Crippen LogP) is 1.66. The van der Waals surface area contributed by atoms with Crippen LogP contribution in [0.1, 0.15) is 33.1 Å². The maximum Gasteiger partial charge on any atom is 0.116 e. The second-order valence-electron chi connectivity index (χ2n) is 2.80. The molecule has 1 atom stereocenters. The van der Waals surface area contributed by atoms with Crippen LogP contribution in [0.2, 0.25) is 0 Å². The maximum absolute atomic E-state index is 9.79. The second kappa shape index (κ2) is 5.33. The van der Waals surface area contributed by atoms with Gasteiger partial charge in [0.15, 0.2) is 0 Å². The minimum Gasteiger partial charge on any atom is -0.376 e. The number of nitrogens with one attached hydrogen (secondary N) is 1. The SMILES string of the molecule is C=CCNC(O)(CC)CCC. The Balaban J connectivity index is 3.76. The fourth-order valence-electron chi connectivity index (χ4n) is 1.07. The van der Waals surface area contributed by atoms with Gasteiger partial charge in [0.1, 0.15) is 5.72 Å². The summed E-state index contributed by atoms with van der Waals surface area (Å²) in [4.78, 5) is 0. The van der Waals surface area contributed by atoms with Gasteiger partial charge in [-0.3, -0.25) is 5.32 Å². The van der Waals surface area contributed by atoms with E-state index in [1.807, 2.05) is 6.92 Å². The molecule has 0 heterocycles. The zero-order valence-corrected chi connectivity index (χ0v) is 7.56. The fourth-order valence-corrected chi connectivity index (χ4v) is 1.07. The lowest BCUT2D eigenvalue weighted by atomic mass is 10.1. The normalized spacial score (nSPS) is 15.9. The van der Waals surface area contributed by atoms with Gasteiger partial charge >= 0.3 is 0 Å². The Morgan fingerprint density at radius 2 is 2.18 bits per heavy atom. The van der Waals surface area contributed by atoms with Gasteiger partial charge in [-0.2, -0.15) is 0 Å². The van der Waals surface area contributed by atoms with Crippen molar-refractivity contribution in [3.8, 4) is 0 Å². The molecule has 2 heteroatoms. The third-order valence-electron chi connectivity index (χ3n) is 1.82. The minimum atomic E-state index is -0.678. The van der Waals surface area contributed by atoms with Crippen LogP contribution in [0.15, 0.2) is 12.7 Å². The van der Waals surface area contributed by atoms with Crippen LogP contribution in [0.25, 0.3) is 0 Å². The van der Waals surface area contributed by atoms with Gasteiger partial charge in [0.2, 0.25) is 0 Å². The Hall–Kier alpha value is -0.340. The quantitative estimate of drug-likeness (QED) is 0.454. The summed E-state index contributed by atoms with van der Waals surface area (Å²) in [7, 11) is 0. The summed E-state index contributed by atoms with van der Waals surface area (Å²) in [5.41, 5.74) is -0.678. The third kappa shape index (κ3) is 4.17. The van der Waals surface area contributed by atoms with Crippen LogP contribution in [-0.2, 0) is 0 Å². The van der Waals surface area contributed by atoms with Gasteiger partial charge in [-0.05, 0) is 12.8 Å². The Morgan fingerprint density at radius 3 is 2.55 bits per heavy atom. The highest BCUT2D eigenvalue weighted by atomic mass is 16.3. The molecule has 0 aliphatic rings. The molecular formula is C9H19NO. The molecule has 0 radical (unpaired) electrons. The fraction of sp³-hybridized carbons (Fsp3) is 0.778. The minimum absolute atomic E-state index is 0.671. The Labute approximate surface area is 69.3 Å². The van der Waals surface area contributed by atoms with Crippen molar-refractivity contribution < 1.29 is 5.11 Å². The molecule has 0 aliphatic carbocycles. The van der Waals surface area contributed by atoms with Crippen molar-refractivity contribution in [1.29, 1.82) is 0 Å². The molecule has 0 aromatic rings. The molecule has 0 aliphatic heterocycles. The smallest absolute Gasteiger partial charge is 0.116 e. The van der Waals surface area contributed by atoms with Gasteiger partial charge in [-0.1, -0.05) is 26.3 Å². The Morgan fingerprint density at radius 1 is 1.55 bits per heavy atom. The first-order valence-electron chi connectivity index (χ1n) is 4.26. The molecule has 0 aromatic heterocycles. The van der Waals surface area contributed by atoms with Gasteiger partial charge in [0.05, 0.1) is 0 Å². The van der Waals surface area contributed by atoms with Crippen molar-refractivity contribution in [2.24, 2.45) is 0 Å². The molecule has 1 unspecified atom stereocenters. The predicted molar refractivity (Wildman–Crippen MR) is 48.3 cm³/mol. The largest absolute Gasteiger partial charge is 0.376 e. The monoisotopic (exact) mass is 157 g/mol. The average Bonchev–Trinajstić information content (AvgIpc) is 2.02. The molecule has 66 valence electrons. The summed E-state index contributed by atoms with van der Waals surface area (Å²) >= 11 is 0. The van der Waals surface area contributed by atoms with E-state index in [2.05, 4.69) is 18.8 Å². The van der Waals surface area contributed by atoms with E-state index in [1.54, 1.807) is 6.08 Å². The first-order chi connectivity index (χ1) is 5.18. The number of rotatable bonds is 6. The molecule has 2 N–H and O–H groups in total. The summed E-state index contributed by atoms with van der Waals surface area (Å²) in [6.07, 6.45) is 4.30. The van der Waals surface area contributed by atoms with Crippen molar-refractivity contribution in [1.82, 2.24) is 5.32 Å². The summed E-state index contributed by atoms with van der Waals surface area (Å²) in [5.74, 6) is 0. The first-order valence-corrected chi connectivity index (χ1v) is 4.26. The van der Waals surface area contributed by atoms with Crippen LogP contribution in [-0.4, -0.2) is 17.4 Å². The van der Waals surface area contributed by atoms with Crippen molar-refractivity contribution in [3.63, 3.8) is 0 Å². The molecule has 0 bridgehead atoms. The Kier molecular flexibility index (Phi) is 5.16. The highest BCUT2D eigenvalue weighted by Gasteiger charge is 2.20. The van der Waals surface area contributed by atoms with Gasteiger partial charge < -0.3 is 5.11 Å². The van der Waals surface area contributed by atoms with Gasteiger partial charge in [0.25, 0.3) is 0 Å². The second-order valence-corrected chi connectivity index (χ2v) is 2.80. The van der Waals surface area contributed by atoms with Crippen molar-refractivity contribution in [2.45, 2.75) is 38.8 Å². The summed E-state index contributed by atoms with van der Waals surface area (Å²) < 4.78 is 0. The highest BCUT2D eigenvalue weighted by molar-refractivity contribution is 4.79. The number of hydrogen-bond acceptors (Lipinski definition) is 2. The van der Waals surface area contributed by atoms with Gasteiger partial charge in [-0.25, -0.2) is 0 Å². The lowest BCUT2D eigenvalue weighted by Crippen LogP contribution is -2.44. The van der Waals surface area contributed by atoms with Crippen molar-refractivity contribution >= 4 is 0 Å². The average molecular weight is 157 g/mol. The van der Waals surface area contributed by atoms with Gasteiger partial charge in [0, 0.05) is 6.54 Å². The van der Waals surface area contributed by atoms with E-state index in [9.17, 15) is 5.11 Å². The lowest BCUT2D eigenvalue weighted by Gasteiger charge is -2.27. The molecule has 0 saturated carbocycles. The van der Waals surface area contributed by atoms with E-state index in [4.69, 9.17) is 0 Å². The molecule has 11 heavy (non-hydrogen) atoms. The lowest BCUT2D eigenvalue weighted by molar-refractivity contribution is -0.00394. The van der Waals surface area contributed by atoms with E-state index < -0.39 is 5.72 Å². The maximum atomic E-state index is 9.79. The van der Waals surface area contributed by atoms with Crippen LogP contribution < -0.4 is 5.32 Å². The number of aliphatic hydroxyl groups is 1. The molecule has 0 saturated heterocycles. The molecule has 0 aromatic carbocycles. The molecule has 0 fully saturated rings. The van der Waals surface area contributed by atoms with Crippen LogP contribution in [0.4, 0.5) is 0 Å². The summed E-state index contributed by atoms with van der Waals surface area (Å²) in [6, 6.07) is 0. The van der Waals surface area contributed by atoms with Crippen LogP contribution in [0.5, 0.6) is 0 Å². The third-order valence-corrected chi connectivity index (χ3v) is 1.82. The zero-order chi connectivity index (χ0) is 8.74. The molecule has 0 spiro atoms. The summed E-state index contributed by atoms with van der Waals surface area (Å²) in [5, 5.41) is 12.8. The molecule has 0 rings (SSSR count).